The Morgan fingerprint density at radius 1 is 0.485 bits per heavy atom. The number of rotatable bonds is 2. The molecule has 0 aromatic heterocycles. The van der Waals surface area contributed by atoms with Crippen LogP contribution in [0.1, 0.15) is 0 Å². The third-order valence-electron chi connectivity index (χ3n) is 6.47. The van der Waals surface area contributed by atoms with Crippen molar-refractivity contribution in [3.63, 3.8) is 0 Å². The number of benzene rings is 5. The Morgan fingerprint density at radius 2 is 1.27 bits per heavy atom. The van der Waals surface area contributed by atoms with E-state index in [1.165, 1.54) is 38.3 Å². The first-order chi connectivity index (χ1) is 16.3. The van der Waals surface area contributed by atoms with Crippen molar-refractivity contribution < 1.29 is 0 Å². The second-order valence-corrected chi connectivity index (χ2v) is 9.27. The second-order valence-electron chi connectivity index (χ2n) is 8.35. The average molecular weight is 485 g/mol. The molecule has 7 rings (SSSR count). The van der Waals surface area contributed by atoms with Gasteiger partial charge in [0.15, 0.2) is 0 Å². The van der Waals surface area contributed by atoms with Gasteiger partial charge < -0.3 is 0 Å². The summed E-state index contributed by atoms with van der Waals surface area (Å²) in [5.74, 6) is 0. The van der Waals surface area contributed by atoms with Crippen molar-refractivity contribution in [1.29, 1.82) is 0 Å². The van der Waals surface area contributed by atoms with Crippen molar-refractivity contribution >= 4 is 27.3 Å². The lowest BCUT2D eigenvalue weighted by atomic mass is 9.86. The molecular formula is C30H17BrN2. The lowest BCUT2D eigenvalue weighted by molar-refractivity contribution is 1.36. The molecule has 0 saturated carbocycles. The zero-order chi connectivity index (χ0) is 21.9. The Labute approximate surface area is 199 Å². The van der Waals surface area contributed by atoms with Crippen LogP contribution < -0.4 is 10.7 Å². The molecule has 154 valence electrons. The molecule has 0 radical (unpaired) electrons. The molecule has 5 aromatic carbocycles. The summed E-state index contributed by atoms with van der Waals surface area (Å²) in [6.07, 6.45) is 0. The molecule has 0 bridgehead atoms. The van der Waals surface area contributed by atoms with E-state index < -0.39 is 0 Å². The van der Waals surface area contributed by atoms with Gasteiger partial charge in [-0.25, -0.2) is 9.98 Å². The molecule has 0 aliphatic carbocycles. The van der Waals surface area contributed by atoms with Crippen LogP contribution >= 0.6 is 15.9 Å². The Morgan fingerprint density at radius 3 is 2.12 bits per heavy atom. The molecule has 2 nitrogen and oxygen atoms in total. The highest BCUT2D eigenvalue weighted by atomic mass is 79.9. The van der Waals surface area contributed by atoms with Crippen LogP contribution in [0.3, 0.4) is 0 Å². The molecule has 2 aliphatic rings. The lowest BCUT2D eigenvalue weighted by Crippen LogP contribution is -2.01. The minimum Gasteiger partial charge on any atom is -0.248 e. The summed E-state index contributed by atoms with van der Waals surface area (Å²) in [5, 5.41) is 4.38. The van der Waals surface area contributed by atoms with E-state index in [1.54, 1.807) is 0 Å². The van der Waals surface area contributed by atoms with Crippen LogP contribution in [0.5, 0.6) is 0 Å². The fourth-order valence-electron chi connectivity index (χ4n) is 5.02. The molecular weight excluding hydrogens is 468 g/mol. The lowest BCUT2D eigenvalue weighted by Gasteiger charge is -2.16. The number of para-hydroxylation sites is 1. The number of fused-ring (bicyclic) bond motifs is 6. The van der Waals surface area contributed by atoms with E-state index >= 15 is 0 Å². The molecule has 33 heavy (non-hydrogen) atoms. The molecule has 0 atom stereocenters. The van der Waals surface area contributed by atoms with E-state index in [-0.39, 0.29) is 0 Å². The fourth-order valence-corrected chi connectivity index (χ4v) is 5.28. The summed E-state index contributed by atoms with van der Waals surface area (Å²) in [5.41, 5.74) is 9.10. The first-order valence-corrected chi connectivity index (χ1v) is 11.8. The molecule has 0 spiro atoms. The third-order valence-corrected chi connectivity index (χ3v) is 7.00. The summed E-state index contributed by atoms with van der Waals surface area (Å²) in [4.78, 5) is 10.1. The molecule has 5 aromatic rings. The predicted molar refractivity (Wildman–Crippen MR) is 136 cm³/mol. The summed E-state index contributed by atoms with van der Waals surface area (Å²) >= 11 is 3.59. The summed E-state index contributed by atoms with van der Waals surface area (Å²) < 4.78 is 1.07. The SMILES string of the molecule is Brc1ccc(-c2c(-c3ccccc3)ccc3c2-c2c4c(ccc2=N3)=c2ccccc2=N4)cc1. The molecule has 0 saturated heterocycles. The van der Waals surface area contributed by atoms with Gasteiger partial charge in [-0.3, -0.25) is 0 Å². The molecule has 2 heterocycles. The van der Waals surface area contributed by atoms with Gasteiger partial charge in [0.2, 0.25) is 0 Å². The van der Waals surface area contributed by atoms with Gasteiger partial charge in [0, 0.05) is 26.0 Å². The van der Waals surface area contributed by atoms with E-state index in [0.29, 0.717) is 0 Å². The van der Waals surface area contributed by atoms with E-state index in [0.717, 1.165) is 32.1 Å². The highest BCUT2D eigenvalue weighted by Crippen LogP contribution is 2.49. The van der Waals surface area contributed by atoms with Crippen LogP contribution in [-0.4, -0.2) is 0 Å². The molecule has 0 amide bonds. The molecule has 2 aliphatic heterocycles. The molecule has 0 N–H and O–H groups in total. The maximum Gasteiger partial charge on any atom is 0.0817 e. The maximum absolute atomic E-state index is 5.07. The highest BCUT2D eigenvalue weighted by Gasteiger charge is 2.26. The van der Waals surface area contributed by atoms with Gasteiger partial charge in [-0.1, -0.05) is 82.7 Å². The van der Waals surface area contributed by atoms with Crippen LogP contribution in [0.15, 0.2) is 118 Å². The van der Waals surface area contributed by atoms with Gasteiger partial charge in [-0.2, -0.15) is 0 Å². The maximum atomic E-state index is 5.07. The Bertz CT molecular complexity index is 1810. The fraction of sp³-hybridized carbons (Fsp3) is 0. The summed E-state index contributed by atoms with van der Waals surface area (Å²) in [6.45, 7) is 0. The van der Waals surface area contributed by atoms with Gasteiger partial charge in [0.05, 0.1) is 22.1 Å². The monoisotopic (exact) mass is 484 g/mol. The highest BCUT2D eigenvalue weighted by molar-refractivity contribution is 9.10. The molecule has 0 unspecified atom stereocenters. The van der Waals surface area contributed by atoms with Crippen LogP contribution in [0.25, 0.3) is 33.4 Å². The average Bonchev–Trinajstić information content (AvgIpc) is 3.43. The van der Waals surface area contributed by atoms with Gasteiger partial charge in [-0.05, 0) is 58.7 Å². The normalized spacial score (nSPS) is 12.3. The minimum atomic E-state index is 0.990. The van der Waals surface area contributed by atoms with E-state index in [2.05, 4.69) is 113 Å². The second kappa shape index (κ2) is 7.09. The van der Waals surface area contributed by atoms with Crippen LogP contribution in [-0.2, 0) is 0 Å². The van der Waals surface area contributed by atoms with Crippen molar-refractivity contribution in [2.24, 2.45) is 9.98 Å². The van der Waals surface area contributed by atoms with Gasteiger partial charge in [-0.15, -0.1) is 0 Å². The first-order valence-electron chi connectivity index (χ1n) is 11.0. The molecule has 0 fully saturated rings. The Kier molecular flexibility index (Phi) is 4.02. The van der Waals surface area contributed by atoms with E-state index in [9.17, 15) is 0 Å². The summed E-state index contributed by atoms with van der Waals surface area (Å²) in [7, 11) is 0. The smallest absolute Gasteiger partial charge is 0.0817 e. The topological polar surface area (TPSA) is 24.7 Å². The predicted octanol–water partition coefficient (Wildman–Crippen LogP) is 7.27. The van der Waals surface area contributed by atoms with E-state index in [4.69, 9.17) is 9.98 Å². The van der Waals surface area contributed by atoms with E-state index in [1.807, 2.05) is 6.07 Å². The summed E-state index contributed by atoms with van der Waals surface area (Å²) in [6, 6.07) is 36.2. The Hall–Kier alpha value is -3.82. The Balaban J connectivity index is 1.62. The van der Waals surface area contributed by atoms with Gasteiger partial charge >= 0.3 is 0 Å². The van der Waals surface area contributed by atoms with Crippen molar-refractivity contribution in [3.8, 4) is 33.4 Å². The first kappa shape index (κ1) is 18.7. The van der Waals surface area contributed by atoms with Crippen molar-refractivity contribution in [1.82, 2.24) is 0 Å². The zero-order valence-electron chi connectivity index (χ0n) is 17.6. The van der Waals surface area contributed by atoms with Crippen LogP contribution in [0.4, 0.5) is 11.4 Å². The van der Waals surface area contributed by atoms with Crippen molar-refractivity contribution in [2.75, 3.05) is 0 Å². The quantitative estimate of drug-likeness (QED) is 0.246. The van der Waals surface area contributed by atoms with Crippen LogP contribution in [0.2, 0.25) is 0 Å². The number of hydrogen-bond donors (Lipinski definition) is 0. The standard InChI is InChI=1S/C30H17BrN2/c31-20-12-10-19(11-13-20)27-21(18-6-2-1-3-7-18)14-16-25-28(27)29-26(32-25)17-15-23-22-8-4-5-9-24(22)33-30(23)29/h1-17H. The number of hydrogen-bond acceptors (Lipinski definition) is 2. The van der Waals surface area contributed by atoms with Crippen molar-refractivity contribution in [2.45, 2.75) is 0 Å². The van der Waals surface area contributed by atoms with Crippen molar-refractivity contribution in [3.05, 3.63) is 129 Å². The molecule has 3 heteroatoms. The number of halogens is 1. The van der Waals surface area contributed by atoms with Crippen LogP contribution in [0, 0.1) is 10.4 Å². The third kappa shape index (κ3) is 2.79. The largest absolute Gasteiger partial charge is 0.248 e. The minimum absolute atomic E-state index is 0.990. The van der Waals surface area contributed by atoms with Gasteiger partial charge in [0.1, 0.15) is 0 Å². The van der Waals surface area contributed by atoms with Gasteiger partial charge in [0.25, 0.3) is 0 Å². The zero-order valence-corrected chi connectivity index (χ0v) is 19.2. The number of nitrogens with zero attached hydrogens (tertiary/aromatic N) is 2.